The van der Waals surface area contributed by atoms with Crippen molar-refractivity contribution in [1.82, 2.24) is 4.90 Å². The third-order valence-corrected chi connectivity index (χ3v) is 5.77. The lowest BCUT2D eigenvalue weighted by molar-refractivity contribution is 0.286. The van der Waals surface area contributed by atoms with Gasteiger partial charge in [0.05, 0.1) is 0 Å². The number of rotatable bonds is 10. The molecule has 0 heterocycles. The Morgan fingerprint density at radius 3 is 1.67 bits per heavy atom. The summed E-state index contributed by atoms with van der Waals surface area (Å²) in [5.74, 6) is 2.27. The van der Waals surface area contributed by atoms with E-state index in [1.807, 2.05) is 23.5 Å². The molecule has 0 spiro atoms. The molecule has 0 atom stereocenters. The van der Waals surface area contributed by atoms with E-state index in [-0.39, 0.29) is 0 Å². The molecular formula is C21H27NS2. The standard InChI is InChI=1S/C21H27NS2/c1-3-23-21(24-4-2)15-16-22(17-19-11-7-5-8-12-19)18-20-13-9-6-10-14-20/h5-15H,3-4,16-18H2,1-2H3. The maximum absolute atomic E-state index is 2.51. The molecule has 0 fully saturated rings. The van der Waals surface area contributed by atoms with E-state index in [4.69, 9.17) is 0 Å². The van der Waals surface area contributed by atoms with Crippen molar-refractivity contribution in [1.29, 1.82) is 0 Å². The van der Waals surface area contributed by atoms with Crippen LogP contribution in [0.3, 0.4) is 0 Å². The highest BCUT2D eigenvalue weighted by Gasteiger charge is 2.07. The zero-order chi connectivity index (χ0) is 17.0. The summed E-state index contributed by atoms with van der Waals surface area (Å²) in [7, 11) is 0. The molecule has 0 aromatic heterocycles. The van der Waals surface area contributed by atoms with Gasteiger partial charge in [-0.1, -0.05) is 80.6 Å². The summed E-state index contributed by atoms with van der Waals surface area (Å²) < 4.78 is 1.45. The summed E-state index contributed by atoms with van der Waals surface area (Å²) >= 11 is 3.91. The minimum Gasteiger partial charge on any atom is -0.291 e. The highest BCUT2D eigenvalue weighted by atomic mass is 32.2. The first-order valence-electron chi connectivity index (χ1n) is 8.57. The second kappa shape index (κ2) is 11.4. The van der Waals surface area contributed by atoms with E-state index >= 15 is 0 Å². The van der Waals surface area contributed by atoms with Gasteiger partial charge in [0, 0.05) is 23.9 Å². The van der Waals surface area contributed by atoms with Crippen molar-refractivity contribution in [2.24, 2.45) is 0 Å². The Hall–Kier alpha value is -1.16. The molecule has 2 aromatic rings. The Morgan fingerprint density at radius 2 is 1.25 bits per heavy atom. The summed E-state index contributed by atoms with van der Waals surface area (Å²) in [6.07, 6.45) is 2.40. The van der Waals surface area contributed by atoms with E-state index in [0.29, 0.717) is 0 Å². The largest absolute Gasteiger partial charge is 0.291 e. The summed E-state index contributed by atoms with van der Waals surface area (Å²) in [5, 5.41) is 0. The Balaban J connectivity index is 2.07. The van der Waals surface area contributed by atoms with Crippen LogP contribution < -0.4 is 0 Å². The van der Waals surface area contributed by atoms with Crippen LogP contribution in [0.15, 0.2) is 71.0 Å². The Morgan fingerprint density at radius 1 is 0.792 bits per heavy atom. The fourth-order valence-electron chi connectivity index (χ4n) is 2.52. The third-order valence-electron chi connectivity index (χ3n) is 3.59. The molecule has 3 heteroatoms. The van der Waals surface area contributed by atoms with Crippen LogP contribution in [0.4, 0.5) is 0 Å². The highest BCUT2D eigenvalue weighted by Crippen LogP contribution is 2.28. The summed E-state index contributed by atoms with van der Waals surface area (Å²) in [4.78, 5) is 2.51. The molecular weight excluding hydrogens is 330 g/mol. The normalized spacial score (nSPS) is 10.8. The van der Waals surface area contributed by atoms with Crippen LogP contribution in [0.1, 0.15) is 25.0 Å². The smallest absolute Gasteiger partial charge is 0.0373 e. The van der Waals surface area contributed by atoms with Crippen molar-refractivity contribution in [3.8, 4) is 0 Å². The lowest BCUT2D eigenvalue weighted by Crippen LogP contribution is -2.23. The van der Waals surface area contributed by atoms with Crippen molar-refractivity contribution in [3.63, 3.8) is 0 Å². The molecule has 0 radical (unpaired) electrons. The SMILES string of the molecule is CCSC(=CCN(Cc1ccccc1)Cc1ccccc1)SCC. The predicted octanol–water partition coefficient (Wildman–Crippen LogP) is 6.04. The van der Waals surface area contributed by atoms with Crippen molar-refractivity contribution in [3.05, 3.63) is 82.1 Å². The molecule has 0 unspecified atom stereocenters. The van der Waals surface area contributed by atoms with Crippen LogP contribution >= 0.6 is 23.5 Å². The number of nitrogens with zero attached hydrogens (tertiary/aromatic N) is 1. The van der Waals surface area contributed by atoms with Crippen LogP contribution in [0, 0.1) is 0 Å². The first kappa shape index (κ1) is 19.2. The average Bonchev–Trinajstić information content (AvgIpc) is 2.61. The number of benzene rings is 2. The number of hydrogen-bond donors (Lipinski definition) is 0. The summed E-state index contributed by atoms with van der Waals surface area (Å²) in [5.41, 5.74) is 2.74. The maximum Gasteiger partial charge on any atom is 0.0373 e. The molecule has 24 heavy (non-hydrogen) atoms. The molecule has 0 N–H and O–H groups in total. The summed E-state index contributed by atoms with van der Waals surface area (Å²) in [6, 6.07) is 21.5. The molecule has 0 bridgehead atoms. The highest BCUT2D eigenvalue weighted by molar-refractivity contribution is 8.22. The van der Waals surface area contributed by atoms with Crippen molar-refractivity contribution < 1.29 is 0 Å². The van der Waals surface area contributed by atoms with Gasteiger partial charge >= 0.3 is 0 Å². The van der Waals surface area contributed by atoms with Crippen LogP contribution in [0.25, 0.3) is 0 Å². The van der Waals surface area contributed by atoms with Crippen LogP contribution in [-0.4, -0.2) is 23.0 Å². The van der Waals surface area contributed by atoms with E-state index in [0.717, 1.165) is 31.1 Å². The first-order valence-corrected chi connectivity index (χ1v) is 10.5. The van der Waals surface area contributed by atoms with E-state index in [1.54, 1.807) is 0 Å². The molecule has 1 nitrogen and oxygen atoms in total. The van der Waals surface area contributed by atoms with Crippen molar-refractivity contribution in [2.45, 2.75) is 26.9 Å². The zero-order valence-electron chi connectivity index (χ0n) is 14.7. The zero-order valence-corrected chi connectivity index (χ0v) is 16.3. The molecule has 2 aromatic carbocycles. The maximum atomic E-state index is 2.51. The second-order valence-corrected chi connectivity index (χ2v) is 8.40. The van der Waals surface area contributed by atoms with E-state index in [1.165, 1.54) is 15.4 Å². The first-order chi connectivity index (χ1) is 11.8. The van der Waals surface area contributed by atoms with Gasteiger partial charge < -0.3 is 0 Å². The number of hydrogen-bond acceptors (Lipinski definition) is 3. The van der Waals surface area contributed by atoms with Gasteiger partial charge in [0.15, 0.2) is 0 Å². The lowest BCUT2D eigenvalue weighted by Gasteiger charge is -2.21. The van der Waals surface area contributed by atoms with Gasteiger partial charge in [-0.05, 0) is 22.6 Å². The fourth-order valence-corrected chi connectivity index (χ4v) is 4.51. The minimum absolute atomic E-state index is 0.979. The molecule has 0 amide bonds. The molecule has 128 valence electrons. The van der Waals surface area contributed by atoms with Gasteiger partial charge in [-0.3, -0.25) is 4.90 Å². The van der Waals surface area contributed by atoms with Crippen LogP contribution in [0.5, 0.6) is 0 Å². The average molecular weight is 358 g/mol. The molecule has 0 aliphatic heterocycles. The monoisotopic (exact) mass is 357 g/mol. The predicted molar refractivity (Wildman–Crippen MR) is 111 cm³/mol. The van der Waals surface area contributed by atoms with E-state index in [9.17, 15) is 0 Å². The Bertz CT molecular complexity index is 546. The topological polar surface area (TPSA) is 3.24 Å². The third kappa shape index (κ3) is 7.16. The van der Waals surface area contributed by atoms with Gasteiger partial charge in [-0.2, -0.15) is 0 Å². The molecule has 0 aliphatic rings. The fraction of sp³-hybridized carbons (Fsp3) is 0.333. The molecule has 0 saturated carbocycles. The Kier molecular flexibility index (Phi) is 9.11. The molecule has 0 aliphatic carbocycles. The van der Waals surface area contributed by atoms with Crippen LogP contribution in [0.2, 0.25) is 0 Å². The Labute approximate surface area is 155 Å². The van der Waals surface area contributed by atoms with Gasteiger partial charge in [0.2, 0.25) is 0 Å². The molecule has 0 saturated heterocycles. The van der Waals surface area contributed by atoms with Crippen LogP contribution in [-0.2, 0) is 13.1 Å². The summed E-state index contributed by atoms with van der Waals surface area (Å²) in [6.45, 7) is 7.39. The molecule has 2 rings (SSSR count). The van der Waals surface area contributed by atoms with Gasteiger partial charge in [-0.25, -0.2) is 0 Å². The number of thioether (sulfide) groups is 2. The minimum atomic E-state index is 0.979. The van der Waals surface area contributed by atoms with E-state index in [2.05, 4.69) is 85.5 Å². The van der Waals surface area contributed by atoms with E-state index < -0.39 is 0 Å². The quantitative estimate of drug-likeness (QED) is 0.510. The van der Waals surface area contributed by atoms with Gasteiger partial charge in [0.1, 0.15) is 0 Å². The van der Waals surface area contributed by atoms with Crippen molar-refractivity contribution >= 4 is 23.5 Å². The van der Waals surface area contributed by atoms with Gasteiger partial charge in [-0.15, -0.1) is 23.5 Å². The second-order valence-electron chi connectivity index (χ2n) is 5.53. The van der Waals surface area contributed by atoms with Gasteiger partial charge in [0.25, 0.3) is 0 Å². The lowest BCUT2D eigenvalue weighted by atomic mass is 10.1. The van der Waals surface area contributed by atoms with Crippen molar-refractivity contribution in [2.75, 3.05) is 18.1 Å².